The summed E-state index contributed by atoms with van der Waals surface area (Å²) in [5.74, 6) is -0.659. The molecule has 2 heterocycles. The Balaban J connectivity index is 1.41. The molecule has 1 aromatic carbocycles. The van der Waals surface area contributed by atoms with Gasteiger partial charge in [0.25, 0.3) is 5.91 Å². The second-order valence-electron chi connectivity index (χ2n) is 5.56. The number of nitrogens with zero attached hydrogens (tertiary/aromatic N) is 3. The second-order valence-corrected chi connectivity index (χ2v) is 7.05. The van der Waals surface area contributed by atoms with E-state index in [9.17, 15) is 9.59 Å². The molecular formula is C18H16ClN5O3S. The van der Waals surface area contributed by atoms with E-state index >= 15 is 0 Å². The molecule has 0 fully saturated rings. The number of carbonyl (C=O) groups is 2. The molecule has 2 amide bonds. The molecule has 144 valence electrons. The number of aromatic nitrogens is 3. The number of pyridine rings is 1. The highest BCUT2D eigenvalue weighted by atomic mass is 35.5. The van der Waals surface area contributed by atoms with Crippen LogP contribution in [-0.2, 0) is 22.7 Å². The maximum absolute atomic E-state index is 12.2. The largest absolute Gasteiger partial charge is 0.364 e. The summed E-state index contributed by atoms with van der Waals surface area (Å²) in [6.07, 6.45) is 1.66. The lowest BCUT2D eigenvalue weighted by Gasteiger charge is -2.04. The predicted octanol–water partition coefficient (Wildman–Crippen LogP) is 2.67. The fraction of sp³-hybridized carbons (Fsp3) is 0.167. The number of carbonyl (C=O) groups excluding carboxylic acids is 2. The standard InChI is InChI=1S/C18H16ClN5O3S/c19-12-4-3-6-13(8-12)22-17(26)18-24-23-16(28-18)11-27-10-15(25)21-9-14-5-1-2-7-20-14/h1-8H,9-11H2,(H,21,25)(H,22,26). The summed E-state index contributed by atoms with van der Waals surface area (Å²) in [6, 6.07) is 12.3. The van der Waals surface area contributed by atoms with E-state index < -0.39 is 0 Å². The summed E-state index contributed by atoms with van der Waals surface area (Å²) >= 11 is 6.98. The average Bonchev–Trinajstić information content (AvgIpc) is 3.16. The summed E-state index contributed by atoms with van der Waals surface area (Å²) in [5.41, 5.74) is 1.32. The van der Waals surface area contributed by atoms with E-state index in [1.165, 1.54) is 0 Å². The monoisotopic (exact) mass is 417 g/mol. The second kappa shape index (κ2) is 9.88. The number of amides is 2. The van der Waals surface area contributed by atoms with Gasteiger partial charge in [0.1, 0.15) is 18.2 Å². The highest BCUT2D eigenvalue weighted by Crippen LogP contribution is 2.17. The molecule has 0 aliphatic rings. The van der Waals surface area contributed by atoms with Crippen LogP contribution in [0, 0.1) is 0 Å². The van der Waals surface area contributed by atoms with Crippen LogP contribution in [0.1, 0.15) is 20.5 Å². The average molecular weight is 418 g/mol. The molecule has 3 rings (SSSR count). The van der Waals surface area contributed by atoms with Crippen molar-refractivity contribution < 1.29 is 14.3 Å². The van der Waals surface area contributed by atoms with Gasteiger partial charge in [0.15, 0.2) is 0 Å². The molecule has 8 nitrogen and oxygen atoms in total. The van der Waals surface area contributed by atoms with Crippen LogP contribution in [0.4, 0.5) is 5.69 Å². The Hall–Kier alpha value is -2.88. The molecule has 2 N–H and O–H groups in total. The normalized spacial score (nSPS) is 10.5. The minimum atomic E-state index is -0.390. The van der Waals surface area contributed by atoms with Gasteiger partial charge in [0.2, 0.25) is 10.9 Å². The van der Waals surface area contributed by atoms with E-state index in [1.54, 1.807) is 36.5 Å². The third kappa shape index (κ3) is 6.08. The lowest BCUT2D eigenvalue weighted by molar-refractivity contribution is -0.126. The fourth-order valence-corrected chi connectivity index (χ4v) is 2.99. The van der Waals surface area contributed by atoms with Gasteiger partial charge in [0.05, 0.1) is 12.2 Å². The van der Waals surface area contributed by atoms with E-state index in [-0.39, 0.29) is 30.0 Å². The molecule has 0 atom stereocenters. The van der Waals surface area contributed by atoms with Gasteiger partial charge >= 0.3 is 0 Å². The third-order valence-corrected chi connectivity index (χ3v) is 4.53. The quantitative estimate of drug-likeness (QED) is 0.583. The van der Waals surface area contributed by atoms with Gasteiger partial charge in [-0.15, -0.1) is 10.2 Å². The van der Waals surface area contributed by atoms with Gasteiger partial charge in [-0.3, -0.25) is 14.6 Å². The Morgan fingerprint density at radius 1 is 1.14 bits per heavy atom. The Bertz CT molecular complexity index is 951. The summed E-state index contributed by atoms with van der Waals surface area (Å²) in [7, 11) is 0. The van der Waals surface area contributed by atoms with Gasteiger partial charge in [-0.05, 0) is 30.3 Å². The maximum atomic E-state index is 12.2. The molecule has 0 aliphatic carbocycles. The molecule has 0 aliphatic heterocycles. The molecule has 0 spiro atoms. The van der Waals surface area contributed by atoms with Crippen molar-refractivity contribution in [3.05, 3.63) is 69.4 Å². The lowest BCUT2D eigenvalue weighted by Crippen LogP contribution is -2.27. The smallest absolute Gasteiger partial charge is 0.286 e. The molecule has 0 radical (unpaired) electrons. The predicted molar refractivity (Wildman–Crippen MR) is 105 cm³/mol. The summed E-state index contributed by atoms with van der Waals surface area (Å²) in [5, 5.41) is 14.4. The minimum absolute atomic E-state index is 0.0825. The van der Waals surface area contributed by atoms with Crippen molar-refractivity contribution in [2.45, 2.75) is 13.2 Å². The molecule has 28 heavy (non-hydrogen) atoms. The molecule has 3 aromatic rings. The van der Waals surface area contributed by atoms with Gasteiger partial charge in [-0.1, -0.05) is 35.1 Å². The highest BCUT2D eigenvalue weighted by Gasteiger charge is 2.14. The Labute approximate surface area is 169 Å². The van der Waals surface area contributed by atoms with Crippen LogP contribution in [0.15, 0.2) is 48.7 Å². The van der Waals surface area contributed by atoms with Gasteiger partial charge in [-0.25, -0.2) is 0 Å². The molecule has 0 unspecified atom stereocenters. The first-order valence-electron chi connectivity index (χ1n) is 8.24. The first kappa shape index (κ1) is 19.9. The Kier molecular flexibility index (Phi) is 7.01. The van der Waals surface area contributed by atoms with E-state index in [1.807, 2.05) is 12.1 Å². The molecule has 0 bridgehead atoms. The van der Waals surface area contributed by atoms with Crippen LogP contribution in [0.2, 0.25) is 5.02 Å². The number of hydrogen-bond donors (Lipinski definition) is 2. The third-order valence-electron chi connectivity index (χ3n) is 3.40. The Morgan fingerprint density at radius 2 is 2.04 bits per heavy atom. The molecule has 0 saturated heterocycles. The van der Waals surface area contributed by atoms with E-state index in [0.717, 1.165) is 17.0 Å². The SMILES string of the molecule is O=C(COCc1nnc(C(=O)Nc2cccc(Cl)c2)s1)NCc1ccccn1. The van der Waals surface area contributed by atoms with Crippen molar-refractivity contribution in [2.24, 2.45) is 0 Å². The topological polar surface area (TPSA) is 106 Å². The first-order chi connectivity index (χ1) is 13.6. The van der Waals surface area contributed by atoms with Crippen LogP contribution in [0.25, 0.3) is 0 Å². The number of nitrogens with one attached hydrogen (secondary N) is 2. The number of ether oxygens (including phenoxy) is 1. The van der Waals surface area contributed by atoms with Gasteiger partial charge in [0, 0.05) is 16.9 Å². The number of benzene rings is 1. The van der Waals surface area contributed by atoms with Crippen LogP contribution in [-0.4, -0.2) is 33.6 Å². The van der Waals surface area contributed by atoms with Gasteiger partial charge in [-0.2, -0.15) is 0 Å². The summed E-state index contributed by atoms with van der Waals surface area (Å²) in [4.78, 5) is 28.1. The number of hydrogen-bond acceptors (Lipinski definition) is 7. The minimum Gasteiger partial charge on any atom is -0.364 e. The number of rotatable bonds is 8. The molecular weight excluding hydrogens is 402 g/mol. The van der Waals surface area contributed by atoms with Gasteiger partial charge < -0.3 is 15.4 Å². The zero-order valence-electron chi connectivity index (χ0n) is 14.6. The maximum Gasteiger partial charge on any atom is 0.286 e. The van der Waals surface area contributed by atoms with Crippen LogP contribution in [0.3, 0.4) is 0 Å². The van der Waals surface area contributed by atoms with Crippen LogP contribution < -0.4 is 10.6 Å². The van der Waals surface area contributed by atoms with Crippen molar-refractivity contribution in [3.63, 3.8) is 0 Å². The van der Waals surface area contributed by atoms with Crippen molar-refractivity contribution in [1.82, 2.24) is 20.5 Å². The highest BCUT2D eigenvalue weighted by molar-refractivity contribution is 7.13. The zero-order valence-corrected chi connectivity index (χ0v) is 16.2. The van der Waals surface area contributed by atoms with E-state index in [2.05, 4.69) is 25.8 Å². The van der Waals surface area contributed by atoms with Crippen molar-refractivity contribution in [1.29, 1.82) is 0 Å². The number of anilines is 1. The number of halogens is 1. The zero-order chi connectivity index (χ0) is 19.8. The summed E-state index contributed by atoms with van der Waals surface area (Å²) in [6.45, 7) is 0.283. The molecule has 0 saturated carbocycles. The van der Waals surface area contributed by atoms with Crippen LogP contribution >= 0.6 is 22.9 Å². The lowest BCUT2D eigenvalue weighted by atomic mass is 10.3. The van der Waals surface area contributed by atoms with Crippen molar-refractivity contribution in [3.8, 4) is 0 Å². The van der Waals surface area contributed by atoms with Crippen LogP contribution in [0.5, 0.6) is 0 Å². The van der Waals surface area contributed by atoms with Crippen molar-refractivity contribution in [2.75, 3.05) is 11.9 Å². The fourth-order valence-electron chi connectivity index (χ4n) is 2.13. The molecule has 2 aromatic heterocycles. The first-order valence-corrected chi connectivity index (χ1v) is 9.43. The van der Waals surface area contributed by atoms with Crippen molar-refractivity contribution >= 4 is 40.4 Å². The van der Waals surface area contributed by atoms with E-state index in [4.69, 9.17) is 16.3 Å². The Morgan fingerprint density at radius 3 is 2.82 bits per heavy atom. The summed E-state index contributed by atoms with van der Waals surface area (Å²) < 4.78 is 5.32. The molecule has 10 heteroatoms. The van der Waals surface area contributed by atoms with E-state index in [0.29, 0.717) is 22.3 Å².